The van der Waals surface area contributed by atoms with Gasteiger partial charge in [0, 0.05) is 17.0 Å². The van der Waals surface area contributed by atoms with E-state index in [0.29, 0.717) is 39.6 Å². The number of hydrogen-bond donors (Lipinski definition) is 1. The summed E-state index contributed by atoms with van der Waals surface area (Å²) in [7, 11) is 4.48. The van der Waals surface area contributed by atoms with E-state index in [9.17, 15) is 9.59 Å². The van der Waals surface area contributed by atoms with Gasteiger partial charge in [-0.15, -0.1) is 21.5 Å². The van der Waals surface area contributed by atoms with Crippen molar-refractivity contribution in [2.24, 2.45) is 0 Å². The molecule has 0 radical (unpaired) electrons. The SMILES string of the molecule is CCc1cc(C(=O)OC)c(NC(=O)CSc2nnc(-c3ccc(OC)c(OC)c3)n2CC)s1. The Hall–Kier alpha value is -3.05. The minimum Gasteiger partial charge on any atom is -0.493 e. The summed E-state index contributed by atoms with van der Waals surface area (Å²) in [4.78, 5) is 25.6. The smallest absolute Gasteiger partial charge is 0.340 e. The van der Waals surface area contributed by atoms with Gasteiger partial charge in [-0.2, -0.15) is 0 Å². The summed E-state index contributed by atoms with van der Waals surface area (Å²) in [5.74, 6) is 1.29. The zero-order chi connectivity index (χ0) is 24.0. The standard InChI is InChI=1S/C22H26N4O5S2/c1-6-14-11-15(21(28)31-5)20(33-14)23-18(27)12-32-22-25-24-19(26(22)7-2)13-8-9-16(29-3)17(10-13)30-4/h8-11H,6-7,12H2,1-5H3,(H,23,27). The quantitative estimate of drug-likeness (QED) is 0.334. The van der Waals surface area contributed by atoms with Gasteiger partial charge in [0.05, 0.1) is 32.6 Å². The first-order chi connectivity index (χ1) is 15.9. The van der Waals surface area contributed by atoms with Gasteiger partial charge in [0.15, 0.2) is 22.5 Å². The molecule has 0 unspecified atom stereocenters. The predicted molar refractivity (Wildman–Crippen MR) is 129 cm³/mol. The molecule has 3 rings (SSSR count). The summed E-state index contributed by atoms with van der Waals surface area (Å²) in [6.45, 7) is 4.60. The third kappa shape index (κ3) is 5.48. The second-order valence-corrected chi connectivity index (χ2v) is 8.84. The summed E-state index contributed by atoms with van der Waals surface area (Å²) in [6.07, 6.45) is 0.762. The van der Waals surface area contributed by atoms with Crippen LogP contribution >= 0.6 is 23.1 Å². The Bertz CT molecular complexity index is 1140. The molecule has 2 aromatic heterocycles. The average molecular weight is 491 g/mol. The highest BCUT2D eigenvalue weighted by atomic mass is 32.2. The Kier molecular flexibility index (Phi) is 8.34. The largest absolute Gasteiger partial charge is 0.493 e. The summed E-state index contributed by atoms with van der Waals surface area (Å²) >= 11 is 2.65. The molecule has 0 aliphatic carbocycles. The summed E-state index contributed by atoms with van der Waals surface area (Å²) < 4.78 is 17.4. The Labute approximate surface area is 200 Å². The topological polar surface area (TPSA) is 105 Å². The van der Waals surface area contributed by atoms with Crippen molar-refractivity contribution >= 4 is 40.0 Å². The summed E-state index contributed by atoms with van der Waals surface area (Å²) in [5, 5.41) is 12.5. The van der Waals surface area contributed by atoms with Crippen LogP contribution in [0.2, 0.25) is 0 Å². The van der Waals surface area contributed by atoms with Crippen molar-refractivity contribution in [3.05, 3.63) is 34.7 Å². The number of hydrogen-bond acceptors (Lipinski definition) is 9. The molecule has 0 spiro atoms. The van der Waals surface area contributed by atoms with E-state index in [2.05, 4.69) is 15.5 Å². The number of aryl methyl sites for hydroxylation is 1. The molecule has 0 aliphatic rings. The Morgan fingerprint density at radius 3 is 2.48 bits per heavy atom. The highest BCUT2D eigenvalue weighted by Gasteiger charge is 2.20. The van der Waals surface area contributed by atoms with E-state index in [4.69, 9.17) is 14.2 Å². The lowest BCUT2D eigenvalue weighted by molar-refractivity contribution is -0.113. The first-order valence-corrected chi connectivity index (χ1v) is 12.0. The van der Waals surface area contributed by atoms with Crippen molar-refractivity contribution in [3.8, 4) is 22.9 Å². The third-order valence-corrected chi connectivity index (χ3v) is 6.96. The lowest BCUT2D eigenvalue weighted by atomic mass is 10.2. The molecule has 0 fully saturated rings. The fourth-order valence-corrected chi connectivity index (χ4v) is 4.94. The Balaban J connectivity index is 1.74. The fraction of sp³-hybridized carbons (Fsp3) is 0.364. The Morgan fingerprint density at radius 1 is 1.09 bits per heavy atom. The van der Waals surface area contributed by atoms with E-state index in [1.165, 1.54) is 30.2 Å². The maximum absolute atomic E-state index is 12.6. The van der Waals surface area contributed by atoms with E-state index in [1.807, 2.05) is 36.6 Å². The van der Waals surface area contributed by atoms with Gasteiger partial charge in [-0.05, 0) is 37.6 Å². The molecule has 0 saturated carbocycles. The van der Waals surface area contributed by atoms with Gasteiger partial charge in [-0.25, -0.2) is 4.79 Å². The molecule has 0 saturated heterocycles. The lowest BCUT2D eigenvalue weighted by Crippen LogP contribution is -2.16. The van der Waals surface area contributed by atoms with Crippen molar-refractivity contribution in [1.29, 1.82) is 0 Å². The van der Waals surface area contributed by atoms with Crippen LogP contribution in [0.5, 0.6) is 11.5 Å². The number of amides is 1. The molecule has 1 aromatic carbocycles. The van der Waals surface area contributed by atoms with Gasteiger partial charge in [0.25, 0.3) is 0 Å². The molecule has 2 heterocycles. The molecular formula is C22H26N4O5S2. The van der Waals surface area contributed by atoms with E-state index in [1.54, 1.807) is 20.3 Å². The van der Waals surface area contributed by atoms with Crippen molar-refractivity contribution in [1.82, 2.24) is 14.8 Å². The average Bonchev–Trinajstić information content (AvgIpc) is 3.45. The van der Waals surface area contributed by atoms with E-state index in [-0.39, 0.29) is 11.7 Å². The molecule has 3 aromatic rings. The van der Waals surface area contributed by atoms with Crippen LogP contribution < -0.4 is 14.8 Å². The number of aromatic nitrogens is 3. The normalized spacial score (nSPS) is 10.7. The molecule has 9 nitrogen and oxygen atoms in total. The first-order valence-electron chi connectivity index (χ1n) is 10.2. The number of benzene rings is 1. The van der Waals surface area contributed by atoms with Crippen LogP contribution in [-0.4, -0.2) is 53.7 Å². The number of rotatable bonds is 10. The van der Waals surface area contributed by atoms with Gasteiger partial charge in [-0.3, -0.25) is 4.79 Å². The highest BCUT2D eigenvalue weighted by molar-refractivity contribution is 7.99. The van der Waals surface area contributed by atoms with Gasteiger partial charge in [0.2, 0.25) is 5.91 Å². The fourth-order valence-electron chi connectivity index (χ4n) is 3.13. The molecule has 1 N–H and O–H groups in total. The van der Waals surface area contributed by atoms with Crippen LogP contribution in [-0.2, 0) is 22.5 Å². The summed E-state index contributed by atoms with van der Waals surface area (Å²) in [5.41, 5.74) is 1.19. The maximum Gasteiger partial charge on any atom is 0.340 e. The second kappa shape index (κ2) is 11.2. The molecule has 0 bridgehead atoms. The number of thiophene rings is 1. The van der Waals surface area contributed by atoms with E-state index in [0.717, 1.165) is 16.9 Å². The van der Waals surface area contributed by atoms with Gasteiger partial charge in [0.1, 0.15) is 5.00 Å². The number of carbonyl (C=O) groups excluding carboxylic acids is 2. The van der Waals surface area contributed by atoms with Crippen LogP contribution in [0.15, 0.2) is 29.4 Å². The number of ether oxygens (including phenoxy) is 3. The third-order valence-electron chi connectivity index (χ3n) is 4.80. The van der Waals surface area contributed by atoms with Crippen molar-refractivity contribution in [2.75, 3.05) is 32.4 Å². The van der Waals surface area contributed by atoms with Crippen molar-refractivity contribution in [3.63, 3.8) is 0 Å². The molecule has 0 aliphatic heterocycles. The van der Waals surface area contributed by atoms with Gasteiger partial charge >= 0.3 is 5.97 Å². The lowest BCUT2D eigenvalue weighted by Gasteiger charge is -2.11. The molecule has 33 heavy (non-hydrogen) atoms. The summed E-state index contributed by atoms with van der Waals surface area (Å²) in [6, 6.07) is 7.29. The number of methoxy groups -OCH3 is 3. The highest BCUT2D eigenvalue weighted by Crippen LogP contribution is 2.33. The number of anilines is 1. The van der Waals surface area contributed by atoms with E-state index >= 15 is 0 Å². The molecule has 0 atom stereocenters. The van der Waals surface area contributed by atoms with Crippen molar-refractivity contribution in [2.45, 2.75) is 32.0 Å². The van der Waals surface area contributed by atoms with Gasteiger partial charge in [-0.1, -0.05) is 18.7 Å². The second-order valence-electron chi connectivity index (χ2n) is 6.76. The molecule has 176 valence electrons. The minimum absolute atomic E-state index is 0.115. The number of carbonyl (C=O) groups is 2. The predicted octanol–water partition coefficient (Wildman–Crippen LogP) is 4.12. The molecule has 1 amide bonds. The zero-order valence-corrected chi connectivity index (χ0v) is 20.8. The van der Waals surface area contributed by atoms with Crippen LogP contribution in [0, 0.1) is 0 Å². The number of thioether (sulfide) groups is 1. The van der Waals surface area contributed by atoms with Crippen molar-refractivity contribution < 1.29 is 23.8 Å². The zero-order valence-electron chi connectivity index (χ0n) is 19.1. The monoisotopic (exact) mass is 490 g/mol. The van der Waals surface area contributed by atoms with E-state index < -0.39 is 5.97 Å². The Morgan fingerprint density at radius 2 is 1.85 bits per heavy atom. The number of nitrogens with one attached hydrogen (secondary N) is 1. The molecule has 11 heteroatoms. The number of esters is 1. The maximum atomic E-state index is 12.6. The van der Waals surface area contributed by atoms with Crippen LogP contribution in [0.1, 0.15) is 29.1 Å². The van der Waals surface area contributed by atoms with Crippen LogP contribution in [0.4, 0.5) is 5.00 Å². The minimum atomic E-state index is -0.473. The molecular weight excluding hydrogens is 464 g/mol. The first kappa shape index (κ1) is 24.6. The number of nitrogens with zero attached hydrogens (tertiary/aromatic N) is 3. The van der Waals surface area contributed by atoms with Crippen LogP contribution in [0.3, 0.4) is 0 Å². The van der Waals surface area contributed by atoms with Gasteiger partial charge < -0.3 is 24.1 Å². The van der Waals surface area contributed by atoms with Crippen LogP contribution in [0.25, 0.3) is 11.4 Å².